The molecule has 0 aromatic rings. The van der Waals surface area contributed by atoms with E-state index in [1.807, 2.05) is 6.07 Å². The number of nitriles is 1. The van der Waals surface area contributed by atoms with E-state index in [4.69, 9.17) is 5.26 Å². The van der Waals surface area contributed by atoms with Crippen LogP contribution in [-0.4, -0.2) is 5.78 Å². The molecule has 0 heterocycles. The van der Waals surface area contributed by atoms with Crippen LogP contribution < -0.4 is 0 Å². The molecule has 2 nitrogen and oxygen atoms in total. The molecular weight excluding hydrogens is 114 g/mol. The monoisotopic (exact) mass is 123 g/mol. The molecule has 0 aromatic carbocycles. The number of hydrogen-bond donors (Lipinski definition) is 0. The zero-order valence-corrected chi connectivity index (χ0v) is 5.42. The van der Waals surface area contributed by atoms with Crippen LogP contribution in [0.15, 0.2) is 0 Å². The Labute approximate surface area is 54.5 Å². The third-order valence-corrected chi connectivity index (χ3v) is 1.60. The molecule has 0 bridgehead atoms. The van der Waals surface area contributed by atoms with Crippen molar-refractivity contribution in [3.05, 3.63) is 0 Å². The van der Waals surface area contributed by atoms with E-state index in [0.29, 0.717) is 0 Å². The minimum Gasteiger partial charge on any atom is -0.298 e. The van der Waals surface area contributed by atoms with Crippen LogP contribution in [0.4, 0.5) is 0 Å². The number of carbonyl (C=O) groups is 1. The predicted molar refractivity (Wildman–Crippen MR) is 32.5 cm³/mol. The summed E-state index contributed by atoms with van der Waals surface area (Å²) in [6.45, 7) is 1.67. The van der Waals surface area contributed by atoms with Gasteiger partial charge in [0.1, 0.15) is 5.92 Å². The fourth-order valence-electron chi connectivity index (χ4n) is 0.785. The predicted octanol–water partition coefficient (Wildman–Crippen LogP) is 1.13. The van der Waals surface area contributed by atoms with Gasteiger partial charge in [-0.05, 0) is 19.8 Å². The SMILES string of the molecule is C[C@@H](C#N)C(=O)C1CC1. The van der Waals surface area contributed by atoms with Gasteiger partial charge in [0.25, 0.3) is 0 Å². The fourth-order valence-corrected chi connectivity index (χ4v) is 0.785. The summed E-state index contributed by atoms with van der Waals surface area (Å²) in [6.07, 6.45) is 2.01. The normalized spacial score (nSPS) is 20.4. The molecule has 0 radical (unpaired) electrons. The number of ketones is 1. The van der Waals surface area contributed by atoms with Crippen LogP contribution in [0.25, 0.3) is 0 Å². The summed E-state index contributed by atoms with van der Waals surface area (Å²) in [5, 5.41) is 8.31. The topological polar surface area (TPSA) is 40.9 Å². The van der Waals surface area contributed by atoms with E-state index in [9.17, 15) is 4.79 Å². The van der Waals surface area contributed by atoms with E-state index in [-0.39, 0.29) is 17.6 Å². The lowest BCUT2D eigenvalue weighted by Gasteiger charge is -1.95. The maximum Gasteiger partial charge on any atom is 0.152 e. The smallest absolute Gasteiger partial charge is 0.152 e. The molecule has 2 heteroatoms. The molecule has 9 heavy (non-hydrogen) atoms. The Kier molecular flexibility index (Phi) is 1.52. The summed E-state index contributed by atoms with van der Waals surface area (Å²) in [5.74, 6) is -0.00495. The summed E-state index contributed by atoms with van der Waals surface area (Å²) in [5.41, 5.74) is 0. The lowest BCUT2D eigenvalue weighted by atomic mass is 10.1. The number of hydrogen-bond acceptors (Lipinski definition) is 2. The molecule has 1 aliphatic rings. The first-order valence-electron chi connectivity index (χ1n) is 3.19. The largest absolute Gasteiger partial charge is 0.298 e. The van der Waals surface area contributed by atoms with Crippen LogP contribution in [0, 0.1) is 23.2 Å². The first-order valence-corrected chi connectivity index (χ1v) is 3.19. The maximum atomic E-state index is 10.9. The van der Waals surface area contributed by atoms with Crippen molar-refractivity contribution >= 4 is 5.78 Å². The minimum absolute atomic E-state index is 0.137. The lowest BCUT2D eigenvalue weighted by molar-refractivity contribution is -0.122. The van der Waals surface area contributed by atoms with Gasteiger partial charge in [-0.25, -0.2) is 0 Å². The summed E-state index contributed by atoms with van der Waals surface area (Å²) in [4.78, 5) is 10.9. The van der Waals surface area contributed by atoms with Crippen molar-refractivity contribution in [1.29, 1.82) is 5.26 Å². The molecule has 0 unspecified atom stereocenters. The number of nitrogens with zero attached hydrogens (tertiary/aromatic N) is 1. The van der Waals surface area contributed by atoms with Crippen LogP contribution in [0.2, 0.25) is 0 Å². The van der Waals surface area contributed by atoms with E-state index in [0.717, 1.165) is 12.8 Å². The van der Waals surface area contributed by atoms with Gasteiger partial charge in [0.15, 0.2) is 5.78 Å². The van der Waals surface area contributed by atoms with Crippen molar-refractivity contribution in [1.82, 2.24) is 0 Å². The fraction of sp³-hybridized carbons (Fsp3) is 0.714. The molecule has 1 saturated carbocycles. The van der Waals surface area contributed by atoms with Gasteiger partial charge < -0.3 is 0 Å². The van der Waals surface area contributed by atoms with Gasteiger partial charge in [0, 0.05) is 5.92 Å². The third-order valence-electron chi connectivity index (χ3n) is 1.60. The quantitative estimate of drug-likeness (QED) is 0.552. The van der Waals surface area contributed by atoms with Gasteiger partial charge >= 0.3 is 0 Å². The molecule has 0 spiro atoms. The summed E-state index contributed by atoms with van der Waals surface area (Å²) in [7, 11) is 0. The molecule has 1 rings (SSSR count). The zero-order chi connectivity index (χ0) is 6.85. The molecule has 1 fully saturated rings. The van der Waals surface area contributed by atoms with Crippen molar-refractivity contribution in [2.75, 3.05) is 0 Å². The Balaban J connectivity index is 2.42. The number of carbonyl (C=O) groups excluding carboxylic acids is 1. The van der Waals surface area contributed by atoms with Gasteiger partial charge in [-0.2, -0.15) is 5.26 Å². The molecule has 1 aliphatic carbocycles. The third kappa shape index (κ3) is 1.29. The molecule has 0 N–H and O–H groups in total. The van der Waals surface area contributed by atoms with Crippen LogP contribution in [0.5, 0.6) is 0 Å². The van der Waals surface area contributed by atoms with Crippen molar-refractivity contribution in [2.24, 2.45) is 11.8 Å². The lowest BCUT2D eigenvalue weighted by Crippen LogP contribution is -2.09. The zero-order valence-electron chi connectivity index (χ0n) is 5.42. The van der Waals surface area contributed by atoms with Crippen LogP contribution in [0.3, 0.4) is 0 Å². The van der Waals surface area contributed by atoms with E-state index in [2.05, 4.69) is 0 Å². The highest BCUT2D eigenvalue weighted by molar-refractivity contribution is 5.87. The Morgan fingerprint density at radius 1 is 1.78 bits per heavy atom. The van der Waals surface area contributed by atoms with Crippen molar-refractivity contribution in [2.45, 2.75) is 19.8 Å². The number of Topliss-reactive ketones (excluding diaryl/α,β-unsaturated/α-hetero) is 1. The second-order valence-electron chi connectivity index (χ2n) is 2.53. The summed E-state index contributed by atoms with van der Waals surface area (Å²) in [6, 6.07) is 1.94. The van der Waals surface area contributed by atoms with E-state index in [1.165, 1.54) is 0 Å². The minimum atomic E-state index is -0.377. The van der Waals surface area contributed by atoms with Crippen molar-refractivity contribution < 1.29 is 4.79 Å². The average molecular weight is 123 g/mol. The molecule has 0 aromatic heterocycles. The van der Waals surface area contributed by atoms with Crippen LogP contribution in [-0.2, 0) is 4.79 Å². The maximum absolute atomic E-state index is 10.9. The highest BCUT2D eigenvalue weighted by Gasteiger charge is 2.32. The Hall–Kier alpha value is -0.840. The van der Waals surface area contributed by atoms with E-state index in [1.54, 1.807) is 6.92 Å². The highest BCUT2D eigenvalue weighted by Crippen LogP contribution is 2.31. The van der Waals surface area contributed by atoms with Crippen molar-refractivity contribution in [3.8, 4) is 6.07 Å². The molecular formula is C7H9NO. The Morgan fingerprint density at radius 2 is 2.33 bits per heavy atom. The van der Waals surface area contributed by atoms with Gasteiger partial charge in [-0.1, -0.05) is 0 Å². The van der Waals surface area contributed by atoms with Crippen molar-refractivity contribution in [3.63, 3.8) is 0 Å². The van der Waals surface area contributed by atoms with Gasteiger partial charge in [0.05, 0.1) is 6.07 Å². The molecule has 0 aliphatic heterocycles. The highest BCUT2D eigenvalue weighted by atomic mass is 16.1. The first kappa shape index (κ1) is 6.28. The molecule has 0 amide bonds. The Morgan fingerprint density at radius 3 is 2.67 bits per heavy atom. The van der Waals surface area contributed by atoms with Gasteiger partial charge in [-0.15, -0.1) is 0 Å². The van der Waals surface area contributed by atoms with E-state index >= 15 is 0 Å². The summed E-state index contributed by atoms with van der Waals surface area (Å²) >= 11 is 0. The first-order chi connectivity index (χ1) is 4.25. The second-order valence-corrected chi connectivity index (χ2v) is 2.53. The second kappa shape index (κ2) is 2.18. The standard InChI is InChI=1S/C7H9NO/c1-5(4-8)7(9)6-2-3-6/h5-6H,2-3H2,1H3/t5-/m0/s1. The van der Waals surface area contributed by atoms with Gasteiger partial charge in [0.2, 0.25) is 0 Å². The molecule has 0 saturated heterocycles. The summed E-state index contributed by atoms with van der Waals surface area (Å²) < 4.78 is 0. The van der Waals surface area contributed by atoms with Crippen LogP contribution in [0.1, 0.15) is 19.8 Å². The van der Waals surface area contributed by atoms with Crippen LogP contribution >= 0.6 is 0 Å². The molecule has 1 atom stereocenters. The molecule has 48 valence electrons. The Bertz CT molecular complexity index is 164. The van der Waals surface area contributed by atoms with E-state index < -0.39 is 0 Å². The average Bonchev–Trinajstić information content (AvgIpc) is 2.66. The van der Waals surface area contributed by atoms with Gasteiger partial charge in [-0.3, -0.25) is 4.79 Å². The number of rotatable bonds is 2.